The lowest BCUT2D eigenvalue weighted by Gasteiger charge is -2.03. The number of carbonyl (C=O) groups is 2. The first kappa shape index (κ1) is 12.8. The lowest BCUT2D eigenvalue weighted by Crippen LogP contribution is -2.08. The normalized spacial score (nSPS) is 9.71. The van der Waals surface area contributed by atoms with Crippen molar-refractivity contribution in [3.05, 3.63) is 46.9 Å². The summed E-state index contributed by atoms with van der Waals surface area (Å²) in [6, 6.07) is 5.60. The third kappa shape index (κ3) is 4.42. The average Bonchev–Trinajstić information content (AvgIpc) is 2.26. The highest BCUT2D eigenvalue weighted by Gasteiger charge is 2.08. The van der Waals surface area contributed by atoms with Crippen LogP contribution < -0.4 is 0 Å². The second-order valence-electron chi connectivity index (χ2n) is 3.30. The van der Waals surface area contributed by atoms with Crippen LogP contribution in [0.2, 0.25) is 0 Å². The Morgan fingerprint density at radius 2 is 1.88 bits per heavy atom. The molecule has 0 saturated heterocycles. The molecular weight excluding hydrogens is 226 g/mol. The summed E-state index contributed by atoms with van der Waals surface area (Å²) in [5.41, 5.74) is 0.577. The van der Waals surface area contributed by atoms with Crippen molar-refractivity contribution in [2.45, 2.75) is 13.0 Å². The van der Waals surface area contributed by atoms with Gasteiger partial charge in [-0.3, -0.25) is 19.7 Å². The first-order valence-corrected chi connectivity index (χ1v) is 4.73. The predicted octanol–water partition coefficient (Wildman–Crippen LogP) is 1.43. The van der Waals surface area contributed by atoms with Gasteiger partial charge in [-0.2, -0.15) is 0 Å². The van der Waals surface area contributed by atoms with Crippen molar-refractivity contribution < 1.29 is 19.2 Å². The Morgan fingerprint density at radius 1 is 1.29 bits per heavy atom. The van der Waals surface area contributed by atoms with Gasteiger partial charge >= 0.3 is 5.97 Å². The van der Waals surface area contributed by atoms with E-state index in [0.29, 0.717) is 5.56 Å². The molecule has 0 spiro atoms. The summed E-state index contributed by atoms with van der Waals surface area (Å²) in [5, 5.41) is 10.4. The number of non-ortho nitro benzene ring substituents is 1. The van der Waals surface area contributed by atoms with E-state index in [1.54, 1.807) is 0 Å². The summed E-state index contributed by atoms with van der Waals surface area (Å²) in [5.74, 6) is -1.18. The van der Waals surface area contributed by atoms with Crippen LogP contribution in [-0.4, -0.2) is 16.7 Å². The zero-order valence-corrected chi connectivity index (χ0v) is 8.92. The van der Waals surface area contributed by atoms with E-state index in [9.17, 15) is 19.7 Å². The SMILES string of the molecule is [CH2]C(=O)CC(=O)OCc1ccc([N+](=O)[O-])cc1. The Kier molecular flexibility index (Phi) is 4.33. The number of nitrogens with zero attached hydrogens (tertiary/aromatic N) is 1. The van der Waals surface area contributed by atoms with Crippen LogP contribution in [0, 0.1) is 17.0 Å². The number of nitro groups is 1. The molecule has 0 amide bonds. The van der Waals surface area contributed by atoms with Crippen LogP contribution in [0.4, 0.5) is 5.69 Å². The summed E-state index contributed by atoms with van der Waals surface area (Å²) in [4.78, 5) is 31.4. The van der Waals surface area contributed by atoms with Gasteiger partial charge < -0.3 is 4.74 Å². The van der Waals surface area contributed by atoms with Gasteiger partial charge in [0.1, 0.15) is 18.8 Å². The third-order valence-electron chi connectivity index (χ3n) is 1.89. The van der Waals surface area contributed by atoms with Crippen LogP contribution in [0.15, 0.2) is 24.3 Å². The highest BCUT2D eigenvalue weighted by Crippen LogP contribution is 2.12. The maximum atomic E-state index is 11.0. The third-order valence-corrected chi connectivity index (χ3v) is 1.89. The number of hydrogen-bond donors (Lipinski definition) is 0. The van der Waals surface area contributed by atoms with Gasteiger partial charge in [-0.1, -0.05) is 0 Å². The summed E-state index contributed by atoms with van der Waals surface area (Å²) in [7, 11) is 0. The molecule has 0 bridgehead atoms. The number of rotatable bonds is 5. The van der Waals surface area contributed by atoms with Crippen LogP contribution in [-0.2, 0) is 20.9 Å². The molecule has 1 aromatic carbocycles. The fourth-order valence-electron chi connectivity index (χ4n) is 1.09. The summed E-state index contributed by atoms with van der Waals surface area (Å²) in [6.07, 6.45) is -0.368. The largest absolute Gasteiger partial charge is 0.460 e. The van der Waals surface area contributed by atoms with Gasteiger partial charge in [0.25, 0.3) is 5.69 Å². The van der Waals surface area contributed by atoms with Crippen LogP contribution in [0.1, 0.15) is 12.0 Å². The smallest absolute Gasteiger partial charge is 0.313 e. The van der Waals surface area contributed by atoms with Crippen LogP contribution in [0.25, 0.3) is 0 Å². The summed E-state index contributed by atoms with van der Waals surface area (Å²) in [6.45, 7) is 3.03. The van der Waals surface area contributed by atoms with Gasteiger partial charge in [-0.05, 0) is 17.7 Å². The number of ketones is 1. The van der Waals surface area contributed by atoms with Gasteiger partial charge in [-0.15, -0.1) is 0 Å². The first-order chi connectivity index (χ1) is 7.99. The van der Waals surface area contributed by atoms with E-state index < -0.39 is 16.7 Å². The van der Waals surface area contributed by atoms with E-state index in [0.717, 1.165) is 0 Å². The molecule has 1 rings (SSSR count). The highest BCUT2D eigenvalue weighted by molar-refractivity contribution is 5.97. The minimum absolute atomic E-state index is 0.0237. The zero-order valence-electron chi connectivity index (χ0n) is 8.92. The van der Waals surface area contributed by atoms with E-state index >= 15 is 0 Å². The number of hydrogen-bond acceptors (Lipinski definition) is 5. The number of carbonyl (C=O) groups excluding carboxylic acids is 2. The molecule has 6 heteroatoms. The molecule has 0 atom stereocenters. The summed E-state index contributed by atoms with van der Waals surface area (Å²) < 4.78 is 4.77. The van der Waals surface area contributed by atoms with Crippen molar-refractivity contribution in [1.29, 1.82) is 0 Å². The lowest BCUT2D eigenvalue weighted by molar-refractivity contribution is -0.384. The topological polar surface area (TPSA) is 86.5 Å². The molecule has 0 N–H and O–H groups in total. The van der Waals surface area contributed by atoms with E-state index in [1.807, 2.05) is 0 Å². The summed E-state index contributed by atoms with van der Waals surface area (Å²) >= 11 is 0. The van der Waals surface area contributed by atoms with Crippen molar-refractivity contribution in [1.82, 2.24) is 0 Å². The van der Waals surface area contributed by atoms with Crippen molar-refractivity contribution in [3.63, 3.8) is 0 Å². The van der Waals surface area contributed by atoms with Crippen molar-refractivity contribution in [2.75, 3.05) is 0 Å². The number of nitro benzene ring substituents is 1. The molecule has 0 fully saturated rings. The second kappa shape index (κ2) is 5.74. The molecule has 0 aliphatic carbocycles. The quantitative estimate of drug-likeness (QED) is 0.334. The average molecular weight is 236 g/mol. The Labute approximate surface area is 97.3 Å². The van der Waals surface area contributed by atoms with E-state index in [-0.39, 0.29) is 18.7 Å². The Bertz CT molecular complexity index is 438. The fourth-order valence-corrected chi connectivity index (χ4v) is 1.09. The van der Waals surface area contributed by atoms with Crippen LogP contribution in [0.5, 0.6) is 0 Å². The molecule has 1 aromatic rings. The molecular formula is C11H10NO5. The standard InChI is InChI=1S/C11H10NO5/c1-8(13)6-11(14)17-7-9-2-4-10(5-3-9)12(15)16/h2-5H,1,6-7H2. The minimum atomic E-state index is -0.664. The van der Waals surface area contributed by atoms with Gasteiger partial charge in [-0.25, -0.2) is 0 Å². The van der Waals surface area contributed by atoms with Gasteiger partial charge in [0.05, 0.1) is 4.92 Å². The molecule has 17 heavy (non-hydrogen) atoms. The molecule has 6 nitrogen and oxygen atoms in total. The van der Waals surface area contributed by atoms with Crippen LogP contribution in [0.3, 0.4) is 0 Å². The second-order valence-corrected chi connectivity index (χ2v) is 3.30. The molecule has 0 heterocycles. The Balaban J connectivity index is 2.50. The number of ether oxygens (including phenoxy) is 1. The first-order valence-electron chi connectivity index (χ1n) is 4.73. The fraction of sp³-hybridized carbons (Fsp3) is 0.182. The minimum Gasteiger partial charge on any atom is -0.460 e. The number of benzene rings is 1. The van der Waals surface area contributed by atoms with E-state index in [1.165, 1.54) is 24.3 Å². The van der Waals surface area contributed by atoms with Crippen molar-refractivity contribution in [3.8, 4) is 0 Å². The van der Waals surface area contributed by atoms with E-state index in [4.69, 9.17) is 4.74 Å². The lowest BCUT2D eigenvalue weighted by atomic mass is 10.2. The molecule has 0 unspecified atom stereocenters. The van der Waals surface area contributed by atoms with Gasteiger partial charge in [0, 0.05) is 19.1 Å². The van der Waals surface area contributed by atoms with Gasteiger partial charge in [0.15, 0.2) is 0 Å². The molecule has 0 aliphatic rings. The molecule has 0 aliphatic heterocycles. The van der Waals surface area contributed by atoms with E-state index in [2.05, 4.69) is 6.92 Å². The molecule has 0 aromatic heterocycles. The van der Waals surface area contributed by atoms with Gasteiger partial charge in [0.2, 0.25) is 0 Å². The monoisotopic (exact) mass is 236 g/mol. The van der Waals surface area contributed by atoms with Crippen LogP contribution >= 0.6 is 0 Å². The highest BCUT2D eigenvalue weighted by atomic mass is 16.6. The number of Topliss-reactive ketones (excluding diaryl/α,β-unsaturated/α-hetero) is 1. The number of esters is 1. The van der Waals surface area contributed by atoms with Crippen molar-refractivity contribution >= 4 is 17.4 Å². The molecule has 0 saturated carbocycles. The Morgan fingerprint density at radius 3 is 2.35 bits per heavy atom. The zero-order chi connectivity index (χ0) is 12.8. The predicted molar refractivity (Wildman–Crippen MR) is 57.9 cm³/mol. The van der Waals surface area contributed by atoms with Crippen molar-refractivity contribution in [2.24, 2.45) is 0 Å². The maximum absolute atomic E-state index is 11.0. The molecule has 1 radical (unpaired) electrons. The molecule has 89 valence electrons. The maximum Gasteiger partial charge on any atom is 0.313 e. The Hall–Kier alpha value is -2.24.